The van der Waals surface area contributed by atoms with E-state index in [1.54, 1.807) is 11.0 Å². The first-order valence-corrected chi connectivity index (χ1v) is 8.98. The fourth-order valence-electron chi connectivity index (χ4n) is 4.53. The van der Waals surface area contributed by atoms with Crippen LogP contribution in [0.3, 0.4) is 0 Å². The smallest absolute Gasteiger partial charge is 0.326 e. The molecule has 0 spiro atoms. The Kier molecular flexibility index (Phi) is 3.94. The van der Waals surface area contributed by atoms with E-state index in [4.69, 9.17) is 0 Å². The quantitative estimate of drug-likeness (QED) is 0.911. The van der Waals surface area contributed by atoms with Crippen LogP contribution in [0, 0.1) is 12.8 Å². The van der Waals surface area contributed by atoms with Crippen LogP contribution >= 0.6 is 0 Å². The van der Waals surface area contributed by atoms with Crippen molar-refractivity contribution >= 4 is 22.8 Å². The molecule has 1 N–H and O–H groups in total. The second-order valence-electron chi connectivity index (χ2n) is 7.24. The minimum Gasteiger partial charge on any atom is -0.480 e. The minimum atomic E-state index is -0.896. The summed E-state index contributed by atoms with van der Waals surface area (Å²) in [7, 11) is 0. The maximum absolute atomic E-state index is 13.4. The molecule has 1 aliphatic carbocycles. The highest BCUT2D eigenvalue weighted by molar-refractivity contribution is 6.06. The van der Waals surface area contributed by atoms with E-state index in [1.807, 2.05) is 31.2 Å². The number of aromatic nitrogens is 1. The third-order valence-electron chi connectivity index (χ3n) is 5.70. The molecule has 4 rings (SSSR count). The van der Waals surface area contributed by atoms with Gasteiger partial charge >= 0.3 is 5.97 Å². The minimum absolute atomic E-state index is 0.0439. The first-order chi connectivity index (χ1) is 12.1. The number of carbonyl (C=O) groups excluding carboxylic acids is 1. The normalized spacial score (nSPS) is 25.8. The van der Waals surface area contributed by atoms with Gasteiger partial charge in [0.1, 0.15) is 6.04 Å². The molecule has 5 nitrogen and oxygen atoms in total. The van der Waals surface area contributed by atoms with Crippen LogP contribution in [0.1, 0.15) is 48.2 Å². The Morgan fingerprint density at radius 1 is 1.16 bits per heavy atom. The van der Waals surface area contributed by atoms with Crippen LogP contribution in [0.2, 0.25) is 0 Å². The number of hydrogen-bond acceptors (Lipinski definition) is 3. The van der Waals surface area contributed by atoms with Crippen molar-refractivity contribution in [2.75, 3.05) is 0 Å². The molecule has 25 heavy (non-hydrogen) atoms. The predicted molar refractivity (Wildman–Crippen MR) is 94.4 cm³/mol. The van der Waals surface area contributed by atoms with Crippen LogP contribution in [0.25, 0.3) is 10.9 Å². The number of carboxylic acid groups (broad SMARTS) is 1. The van der Waals surface area contributed by atoms with Gasteiger partial charge in [-0.2, -0.15) is 0 Å². The van der Waals surface area contributed by atoms with Gasteiger partial charge in [0.15, 0.2) is 0 Å². The van der Waals surface area contributed by atoms with Crippen molar-refractivity contribution < 1.29 is 14.7 Å². The highest BCUT2D eigenvalue weighted by atomic mass is 16.4. The fraction of sp³-hybridized carbons (Fsp3) is 0.450. The number of benzene rings is 1. The zero-order chi connectivity index (χ0) is 17.6. The van der Waals surface area contributed by atoms with Gasteiger partial charge < -0.3 is 10.0 Å². The summed E-state index contributed by atoms with van der Waals surface area (Å²) in [5.74, 6) is -0.777. The molecule has 3 unspecified atom stereocenters. The van der Waals surface area contributed by atoms with E-state index in [1.165, 1.54) is 0 Å². The van der Waals surface area contributed by atoms with E-state index in [0.29, 0.717) is 23.4 Å². The maximum Gasteiger partial charge on any atom is 0.326 e. The summed E-state index contributed by atoms with van der Waals surface area (Å²) in [6.07, 6.45) is 4.68. The number of likely N-dealkylation sites (tertiary alicyclic amines) is 1. The molecule has 2 aliphatic rings. The molecular formula is C20H22N2O3. The Bertz CT molecular complexity index is 848. The van der Waals surface area contributed by atoms with E-state index in [0.717, 1.165) is 36.8 Å². The lowest BCUT2D eigenvalue weighted by Gasteiger charge is -2.33. The van der Waals surface area contributed by atoms with Gasteiger partial charge in [-0.25, -0.2) is 4.79 Å². The lowest BCUT2D eigenvalue weighted by molar-refractivity contribution is -0.141. The molecule has 2 heterocycles. The largest absolute Gasteiger partial charge is 0.480 e. The first kappa shape index (κ1) is 16.1. The summed E-state index contributed by atoms with van der Waals surface area (Å²) in [6.45, 7) is 1.90. The van der Waals surface area contributed by atoms with E-state index in [9.17, 15) is 14.7 Å². The number of para-hydroxylation sites is 1. The van der Waals surface area contributed by atoms with Crippen LogP contribution in [0.4, 0.5) is 0 Å². The average molecular weight is 338 g/mol. The number of amides is 1. The Morgan fingerprint density at radius 2 is 1.96 bits per heavy atom. The molecule has 2 aromatic rings. The van der Waals surface area contributed by atoms with Gasteiger partial charge in [0.2, 0.25) is 0 Å². The van der Waals surface area contributed by atoms with Crippen molar-refractivity contribution in [3.63, 3.8) is 0 Å². The Hall–Kier alpha value is -2.43. The van der Waals surface area contributed by atoms with Gasteiger partial charge in [0.25, 0.3) is 5.91 Å². The summed E-state index contributed by atoms with van der Waals surface area (Å²) in [4.78, 5) is 31.4. The average Bonchev–Trinajstić information content (AvgIpc) is 3.00. The maximum atomic E-state index is 13.4. The second kappa shape index (κ2) is 6.14. The van der Waals surface area contributed by atoms with Gasteiger partial charge in [-0.3, -0.25) is 9.78 Å². The summed E-state index contributed by atoms with van der Waals surface area (Å²) < 4.78 is 0. The lowest BCUT2D eigenvalue weighted by atomic mass is 9.84. The Morgan fingerprint density at radius 3 is 2.76 bits per heavy atom. The van der Waals surface area contributed by atoms with Crippen molar-refractivity contribution in [2.45, 2.75) is 51.1 Å². The van der Waals surface area contributed by atoms with Crippen LogP contribution in [-0.2, 0) is 4.79 Å². The van der Waals surface area contributed by atoms with E-state index < -0.39 is 12.0 Å². The number of aryl methyl sites for hydroxylation is 1. The van der Waals surface area contributed by atoms with E-state index in [-0.39, 0.29) is 11.9 Å². The van der Waals surface area contributed by atoms with Crippen molar-refractivity contribution in [2.24, 2.45) is 5.92 Å². The highest BCUT2D eigenvalue weighted by Gasteiger charge is 2.47. The third-order valence-corrected chi connectivity index (χ3v) is 5.70. The number of pyridine rings is 1. The Labute approximate surface area is 146 Å². The van der Waals surface area contributed by atoms with Gasteiger partial charge in [0.05, 0.1) is 11.1 Å². The first-order valence-electron chi connectivity index (χ1n) is 8.98. The number of aliphatic carboxylic acids is 1. The van der Waals surface area contributed by atoms with Crippen LogP contribution in [0.5, 0.6) is 0 Å². The van der Waals surface area contributed by atoms with Crippen molar-refractivity contribution in [1.82, 2.24) is 9.88 Å². The van der Waals surface area contributed by atoms with Gasteiger partial charge in [-0.1, -0.05) is 31.0 Å². The third kappa shape index (κ3) is 2.68. The van der Waals surface area contributed by atoms with Crippen molar-refractivity contribution in [3.8, 4) is 0 Å². The van der Waals surface area contributed by atoms with Gasteiger partial charge in [-0.15, -0.1) is 0 Å². The van der Waals surface area contributed by atoms with Crippen molar-refractivity contribution in [1.29, 1.82) is 0 Å². The molecule has 0 bridgehead atoms. The van der Waals surface area contributed by atoms with Crippen molar-refractivity contribution in [3.05, 3.63) is 41.6 Å². The molecule has 0 radical (unpaired) electrons. The summed E-state index contributed by atoms with van der Waals surface area (Å²) >= 11 is 0. The molecule has 1 aromatic carbocycles. The SMILES string of the molecule is Cc1ccc2cccc(C(=O)N3C(C(=O)O)CC4CCCCC43)c2n1. The van der Waals surface area contributed by atoms with Crippen LogP contribution in [0.15, 0.2) is 30.3 Å². The zero-order valence-corrected chi connectivity index (χ0v) is 14.3. The summed E-state index contributed by atoms with van der Waals surface area (Å²) in [6, 6.07) is 8.74. The van der Waals surface area contributed by atoms with Gasteiger partial charge in [-0.05, 0) is 44.2 Å². The second-order valence-corrected chi connectivity index (χ2v) is 7.24. The highest BCUT2D eigenvalue weighted by Crippen LogP contribution is 2.41. The standard InChI is InChI=1S/C20H22N2O3/c1-12-9-10-13-6-4-7-15(18(13)21-12)19(23)22-16-8-3-2-5-14(16)11-17(22)20(24)25/h4,6-7,9-10,14,16-17H,2-3,5,8,11H2,1H3,(H,24,25). The summed E-state index contributed by atoms with van der Waals surface area (Å²) in [5.41, 5.74) is 2.02. The lowest BCUT2D eigenvalue weighted by Crippen LogP contribution is -2.46. The monoisotopic (exact) mass is 338 g/mol. The summed E-state index contributed by atoms with van der Waals surface area (Å²) in [5, 5.41) is 10.6. The molecule has 5 heteroatoms. The molecule has 1 aromatic heterocycles. The number of carboxylic acids is 1. The van der Waals surface area contributed by atoms with E-state index >= 15 is 0 Å². The molecular weight excluding hydrogens is 316 g/mol. The fourth-order valence-corrected chi connectivity index (χ4v) is 4.53. The molecule has 2 fully saturated rings. The Balaban J connectivity index is 1.79. The molecule has 130 valence electrons. The molecule has 1 saturated heterocycles. The van der Waals surface area contributed by atoms with Gasteiger partial charge in [0, 0.05) is 17.1 Å². The van der Waals surface area contributed by atoms with Crippen LogP contribution in [-0.4, -0.2) is 39.0 Å². The topological polar surface area (TPSA) is 70.5 Å². The predicted octanol–water partition coefficient (Wildman–Crippen LogP) is 3.40. The molecule has 1 aliphatic heterocycles. The molecule has 1 saturated carbocycles. The molecule has 3 atom stereocenters. The number of hydrogen-bond donors (Lipinski definition) is 1. The number of carbonyl (C=O) groups is 2. The zero-order valence-electron chi connectivity index (χ0n) is 14.3. The number of fused-ring (bicyclic) bond motifs is 2. The number of rotatable bonds is 2. The number of nitrogens with zero attached hydrogens (tertiary/aromatic N) is 2. The van der Waals surface area contributed by atoms with Crippen LogP contribution < -0.4 is 0 Å². The molecule has 1 amide bonds. The van der Waals surface area contributed by atoms with E-state index in [2.05, 4.69) is 4.98 Å².